The number of hydrogen-bond donors (Lipinski definition) is 1. The summed E-state index contributed by atoms with van der Waals surface area (Å²) in [4.78, 5) is 27.4. The zero-order chi connectivity index (χ0) is 20.7. The van der Waals surface area contributed by atoms with Crippen molar-refractivity contribution in [3.05, 3.63) is 63.3 Å². The Bertz CT molecular complexity index is 918. The number of carbonyl (C=O) groups is 1. The number of nitrogens with zero attached hydrogens (tertiary/aromatic N) is 2. The second-order valence-electron chi connectivity index (χ2n) is 8.46. The molecular weight excluding hydrogens is 358 g/mol. The fourth-order valence-corrected chi connectivity index (χ4v) is 3.47. The average molecular weight is 383 g/mol. The maximum atomic E-state index is 12.5. The van der Waals surface area contributed by atoms with Crippen molar-refractivity contribution in [2.45, 2.75) is 58.1 Å². The summed E-state index contributed by atoms with van der Waals surface area (Å²) >= 11 is 0. The molecule has 2 aromatic rings. The number of benzene rings is 1. The SMILES string of the molecule is Cc1ccnc(NC2CC(C)(c3ccc(C(C)(C)C)cc3)OC2=O)c1[N+](=O)[O-]. The van der Waals surface area contributed by atoms with E-state index in [1.54, 1.807) is 13.0 Å². The highest BCUT2D eigenvalue weighted by Crippen LogP contribution is 2.39. The minimum atomic E-state index is -0.802. The number of nitro groups is 1. The Hall–Kier alpha value is -2.96. The van der Waals surface area contributed by atoms with Crippen molar-refractivity contribution in [1.82, 2.24) is 4.98 Å². The lowest BCUT2D eigenvalue weighted by atomic mass is 9.84. The smallest absolute Gasteiger partial charge is 0.329 e. The van der Waals surface area contributed by atoms with Crippen molar-refractivity contribution in [2.24, 2.45) is 0 Å². The second kappa shape index (κ2) is 6.89. The van der Waals surface area contributed by atoms with Crippen LogP contribution in [0.25, 0.3) is 0 Å². The molecule has 2 unspecified atom stereocenters. The average Bonchev–Trinajstić information content (AvgIpc) is 2.89. The first-order valence-electron chi connectivity index (χ1n) is 9.22. The van der Waals surface area contributed by atoms with E-state index in [0.717, 1.165) is 5.56 Å². The Balaban J connectivity index is 1.84. The van der Waals surface area contributed by atoms with E-state index in [-0.39, 0.29) is 16.9 Å². The van der Waals surface area contributed by atoms with Gasteiger partial charge in [0.05, 0.1) is 4.92 Å². The van der Waals surface area contributed by atoms with E-state index in [1.807, 2.05) is 31.2 Å². The van der Waals surface area contributed by atoms with Gasteiger partial charge in [-0.15, -0.1) is 0 Å². The molecule has 28 heavy (non-hydrogen) atoms. The van der Waals surface area contributed by atoms with E-state index in [2.05, 4.69) is 31.1 Å². The van der Waals surface area contributed by atoms with Crippen LogP contribution in [0.3, 0.4) is 0 Å². The predicted molar refractivity (Wildman–Crippen MR) is 106 cm³/mol. The summed E-state index contributed by atoms with van der Waals surface area (Å²) in [6, 6.07) is 8.90. The number of pyridine rings is 1. The number of rotatable bonds is 4. The summed E-state index contributed by atoms with van der Waals surface area (Å²) in [6.45, 7) is 9.92. The van der Waals surface area contributed by atoms with Crippen LogP contribution in [0.5, 0.6) is 0 Å². The monoisotopic (exact) mass is 383 g/mol. The maximum absolute atomic E-state index is 12.5. The van der Waals surface area contributed by atoms with E-state index in [0.29, 0.717) is 12.0 Å². The Morgan fingerprint density at radius 3 is 2.46 bits per heavy atom. The number of nitrogens with one attached hydrogen (secondary N) is 1. The lowest BCUT2D eigenvalue weighted by Crippen LogP contribution is -2.26. The third kappa shape index (κ3) is 3.69. The largest absolute Gasteiger partial charge is 0.453 e. The van der Waals surface area contributed by atoms with Gasteiger partial charge < -0.3 is 10.1 Å². The number of hydrogen-bond acceptors (Lipinski definition) is 6. The molecule has 0 radical (unpaired) electrons. The van der Waals surface area contributed by atoms with Crippen molar-refractivity contribution in [1.29, 1.82) is 0 Å². The molecule has 2 atom stereocenters. The fourth-order valence-electron chi connectivity index (χ4n) is 3.47. The first-order chi connectivity index (χ1) is 13.0. The van der Waals surface area contributed by atoms with Gasteiger partial charge in [-0.2, -0.15) is 0 Å². The molecule has 0 saturated carbocycles. The molecule has 1 aromatic carbocycles. The van der Waals surface area contributed by atoms with Crippen molar-refractivity contribution in [3.63, 3.8) is 0 Å². The quantitative estimate of drug-likeness (QED) is 0.482. The highest BCUT2D eigenvalue weighted by molar-refractivity contribution is 5.83. The van der Waals surface area contributed by atoms with Crippen molar-refractivity contribution in [3.8, 4) is 0 Å². The molecule has 0 aliphatic carbocycles. The van der Waals surface area contributed by atoms with Gasteiger partial charge in [0.1, 0.15) is 11.6 Å². The third-order valence-electron chi connectivity index (χ3n) is 5.19. The van der Waals surface area contributed by atoms with Crippen LogP contribution in [0.4, 0.5) is 11.5 Å². The molecule has 148 valence electrons. The van der Waals surface area contributed by atoms with E-state index < -0.39 is 22.5 Å². The molecule has 1 aromatic heterocycles. The molecule has 1 saturated heterocycles. The number of aryl methyl sites for hydroxylation is 1. The molecule has 1 N–H and O–H groups in total. The zero-order valence-corrected chi connectivity index (χ0v) is 16.8. The summed E-state index contributed by atoms with van der Waals surface area (Å²) in [7, 11) is 0. The lowest BCUT2D eigenvalue weighted by Gasteiger charge is -2.25. The predicted octanol–water partition coefficient (Wildman–Crippen LogP) is 4.24. The molecule has 3 rings (SSSR count). The van der Waals surface area contributed by atoms with Crippen LogP contribution in [-0.2, 0) is 20.5 Å². The first kappa shape index (κ1) is 19.8. The third-order valence-corrected chi connectivity index (χ3v) is 5.19. The van der Waals surface area contributed by atoms with Gasteiger partial charge in [0, 0.05) is 18.2 Å². The Labute approximate surface area is 164 Å². The Morgan fingerprint density at radius 1 is 1.25 bits per heavy atom. The van der Waals surface area contributed by atoms with Gasteiger partial charge in [0.2, 0.25) is 5.82 Å². The molecular formula is C21H25N3O4. The number of ether oxygens (including phenoxy) is 1. The van der Waals surface area contributed by atoms with Crippen LogP contribution in [0.15, 0.2) is 36.5 Å². The Morgan fingerprint density at radius 2 is 1.89 bits per heavy atom. The minimum absolute atomic E-state index is 0.0334. The van der Waals surface area contributed by atoms with Crippen LogP contribution < -0.4 is 5.32 Å². The topological polar surface area (TPSA) is 94.4 Å². The molecule has 1 aliphatic heterocycles. The normalized spacial score (nSPS) is 22.0. The van der Waals surface area contributed by atoms with Crippen LogP contribution in [0.2, 0.25) is 0 Å². The van der Waals surface area contributed by atoms with Gasteiger partial charge in [0.25, 0.3) is 0 Å². The molecule has 2 heterocycles. The molecule has 0 bridgehead atoms. The second-order valence-corrected chi connectivity index (χ2v) is 8.46. The van der Waals surface area contributed by atoms with Gasteiger partial charge in [0.15, 0.2) is 0 Å². The van der Waals surface area contributed by atoms with Crippen LogP contribution in [0.1, 0.15) is 50.8 Å². The van der Waals surface area contributed by atoms with E-state index in [9.17, 15) is 14.9 Å². The number of aromatic nitrogens is 1. The molecule has 7 nitrogen and oxygen atoms in total. The lowest BCUT2D eigenvalue weighted by molar-refractivity contribution is -0.384. The number of carbonyl (C=O) groups excluding carboxylic acids is 1. The van der Waals surface area contributed by atoms with Crippen molar-refractivity contribution < 1.29 is 14.5 Å². The summed E-state index contributed by atoms with van der Waals surface area (Å²) in [6.07, 6.45) is 1.84. The molecule has 0 amide bonds. The highest BCUT2D eigenvalue weighted by atomic mass is 16.6. The highest BCUT2D eigenvalue weighted by Gasteiger charge is 2.45. The summed E-state index contributed by atoms with van der Waals surface area (Å²) in [5, 5.41) is 14.3. The number of esters is 1. The maximum Gasteiger partial charge on any atom is 0.329 e. The Kier molecular flexibility index (Phi) is 4.87. The van der Waals surface area contributed by atoms with Gasteiger partial charge >= 0.3 is 11.7 Å². The fraction of sp³-hybridized carbons (Fsp3) is 0.429. The summed E-state index contributed by atoms with van der Waals surface area (Å²) < 4.78 is 5.68. The van der Waals surface area contributed by atoms with E-state index >= 15 is 0 Å². The van der Waals surface area contributed by atoms with Gasteiger partial charge in [-0.1, -0.05) is 45.0 Å². The van der Waals surface area contributed by atoms with E-state index in [4.69, 9.17) is 4.74 Å². The first-order valence-corrected chi connectivity index (χ1v) is 9.22. The molecule has 1 aliphatic rings. The van der Waals surface area contributed by atoms with Gasteiger partial charge in [-0.3, -0.25) is 10.1 Å². The standard InChI is InChI=1S/C21H25N3O4/c1-13-10-11-22-18(17(13)24(26)27)23-16-12-21(5,28-19(16)25)15-8-6-14(7-9-15)20(2,3)4/h6-11,16H,12H2,1-5H3,(H,22,23). The molecule has 7 heteroatoms. The summed E-state index contributed by atoms with van der Waals surface area (Å²) in [5.41, 5.74) is 1.67. The van der Waals surface area contributed by atoms with E-state index in [1.165, 1.54) is 11.8 Å². The van der Waals surface area contributed by atoms with Crippen molar-refractivity contribution in [2.75, 3.05) is 5.32 Å². The summed E-state index contributed by atoms with van der Waals surface area (Å²) in [5.74, 6) is -0.362. The zero-order valence-electron chi connectivity index (χ0n) is 16.8. The molecule has 0 spiro atoms. The number of cyclic esters (lactones) is 1. The van der Waals surface area contributed by atoms with Crippen molar-refractivity contribution >= 4 is 17.5 Å². The van der Waals surface area contributed by atoms with Crippen LogP contribution >= 0.6 is 0 Å². The van der Waals surface area contributed by atoms with Crippen LogP contribution in [-0.4, -0.2) is 21.9 Å². The van der Waals surface area contributed by atoms with Gasteiger partial charge in [-0.05, 0) is 36.5 Å². The number of anilines is 1. The van der Waals surface area contributed by atoms with Crippen LogP contribution in [0, 0.1) is 17.0 Å². The van der Waals surface area contributed by atoms with Gasteiger partial charge in [-0.25, -0.2) is 9.78 Å². The minimum Gasteiger partial charge on any atom is -0.453 e. The molecule has 1 fully saturated rings.